The number of rotatable bonds is 0. The van der Waals surface area contributed by atoms with E-state index in [2.05, 4.69) is 0 Å². The summed E-state index contributed by atoms with van der Waals surface area (Å²) in [4.78, 5) is 0. The summed E-state index contributed by atoms with van der Waals surface area (Å²) in [6.07, 6.45) is 0.0120. The topological polar surface area (TPSA) is 35.2 Å². The molecule has 1 aromatic rings. The minimum Gasteiger partial charge on any atom is -0.372 e. The van der Waals surface area contributed by atoms with Gasteiger partial charge in [0.25, 0.3) is 0 Å². The normalized spacial score (nSPS) is 27.0. The Hall–Kier alpha value is -0.930. The lowest BCUT2D eigenvalue weighted by Gasteiger charge is -2.28. The lowest BCUT2D eigenvalue weighted by Crippen LogP contribution is -2.31. The van der Waals surface area contributed by atoms with Crippen molar-refractivity contribution in [1.82, 2.24) is 0 Å². The molecule has 0 aromatic heterocycles. The molecule has 2 N–H and O–H groups in total. The van der Waals surface area contributed by atoms with Crippen molar-refractivity contribution in [2.75, 3.05) is 0 Å². The van der Waals surface area contributed by atoms with Gasteiger partial charge in [-0.1, -0.05) is 6.07 Å². The molecule has 13 heavy (non-hydrogen) atoms. The molecule has 0 radical (unpaired) electrons. The monoisotopic (exact) mass is 181 g/mol. The molecule has 1 aliphatic rings. The first-order valence-corrected chi connectivity index (χ1v) is 4.34. The zero-order chi connectivity index (χ0) is 9.42. The molecule has 0 saturated carbocycles. The molecule has 0 saturated heterocycles. The van der Waals surface area contributed by atoms with Gasteiger partial charge in [0.2, 0.25) is 0 Å². The SMILES string of the molecule is C[C@@H]1OCc2cc(F)ccc2[C@@H]1N. The van der Waals surface area contributed by atoms with Gasteiger partial charge >= 0.3 is 0 Å². The maximum absolute atomic E-state index is 12.8. The Kier molecular flexibility index (Phi) is 2.06. The van der Waals surface area contributed by atoms with Gasteiger partial charge in [-0.25, -0.2) is 4.39 Å². The fourth-order valence-corrected chi connectivity index (χ4v) is 1.60. The van der Waals surface area contributed by atoms with Gasteiger partial charge in [0.1, 0.15) is 5.82 Å². The van der Waals surface area contributed by atoms with E-state index in [9.17, 15) is 4.39 Å². The molecule has 2 atom stereocenters. The summed E-state index contributed by atoms with van der Waals surface area (Å²) in [6.45, 7) is 2.39. The van der Waals surface area contributed by atoms with Gasteiger partial charge in [-0.3, -0.25) is 0 Å². The highest BCUT2D eigenvalue weighted by atomic mass is 19.1. The van der Waals surface area contributed by atoms with Crippen LogP contribution < -0.4 is 5.73 Å². The van der Waals surface area contributed by atoms with Crippen LogP contribution in [0.3, 0.4) is 0 Å². The molecule has 1 heterocycles. The number of halogens is 1. The smallest absolute Gasteiger partial charge is 0.123 e. The highest BCUT2D eigenvalue weighted by Gasteiger charge is 2.23. The molecule has 0 spiro atoms. The number of fused-ring (bicyclic) bond motifs is 1. The van der Waals surface area contributed by atoms with Crippen LogP contribution in [0.2, 0.25) is 0 Å². The second-order valence-corrected chi connectivity index (χ2v) is 3.39. The lowest BCUT2D eigenvalue weighted by molar-refractivity contribution is 0.0212. The predicted octanol–water partition coefficient (Wildman–Crippen LogP) is 1.74. The summed E-state index contributed by atoms with van der Waals surface area (Å²) in [7, 11) is 0. The van der Waals surface area contributed by atoms with E-state index in [0.717, 1.165) is 11.1 Å². The lowest BCUT2D eigenvalue weighted by atomic mass is 9.95. The second-order valence-electron chi connectivity index (χ2n) is 3.39. The predicted molar refractivity (Wildman–Crippen MR) is 47.6 cm³/mol. The zero-order valence-corrected chi connectivity index (χ0v) is 7.46. The van der Waals surface area contributed by atoms with Crippen molar-refractivity contribution in [2.24, 2.45) is 5.73 Å². The van der Waals surface area contributed by atoms with E-state index in [1.807, 2.05) is 6.92 Å². The molecule has 0 unspecified atom stereocenters. The standard InChI is InChI=1S/C10H12FNO/c1-6-10(12)9-3-2-8(11)4-7(9)5-13-6/h2-4,6,10H,5,12H2,1H3/t6-,10+/m0/s1. The first-order valence-electron chi connectivity index (χ1n) is 4.34. The summed E-state index contributed by atoms with van der Waals surface area (Å²) in [5.41, 5.74) is 7.76. The molecule has 0 aliphatic carbocycles. The zero-order valence-electron chi connectivity index (χ0n) is 7.46. The van der Waals surface area contributed by atoms with Gasteiger partial charge < -0.3 is 10.5 Å². The van der Waals surface area contributed by atoms with Gasteiger partial charge in [0.05, 0.1) is 18.8 Å². The summed E-state index contributed by atoms with van der Waals surface area (Å²) in [5.74, 6) is -0.232. The molecular formula is C10H12FNO. The van der Waals surface area contributed by atoms with E-state index in [1.165, 1.54) is 12.1 Å². The maximum Gasteiger partial charge on any atom is 0.123 e. The van der Waals surface area contributed by atoms with Crippen LogP contribution in [0.1, 0.15) is 24.1 Å². The van der Waals surface area contributed by atoms with Crippen LogP contribution in [0.4, 0.5) is 4.39 Å². The Morgan fingerprint density at radius 2 is 2.31 bits per heavy atom. The summed E-state index contributed by atoms with van der Waals surface area (Å²) < 4.78 is 18.2. The number of ether oxygens (including phenoxy) is 1. The minimum absolute atomic E-state index is 0.0120. The Bertz CT molecular complexity index is 327. The fourth-order valence-electron chi connectivity index (χ4n) is 1.60. The van der Waals surface area contributed by atoms with Gasteiger partial charge in [0, 0.05) is 0 Å². The van der Waals surface area contributed by atoms with Crippen LogP contribution in [0.25, 0.3) is 0 Å². The summed E-state index contributed by atoms with van der Waals surface area (Å²) in [5, 5.41) is 0. The van der Waals surface area contributed by atoms with E-state index >= 15 is 0 Å². The molecule has 0 bridgehead atoms. The van der Waals surface area contributed by atoms with E-state index in [0.29, 0.717) is 6.61 Å². The number of hydrogen-bond donors (Lipinski definition) is 1. The third-order valence-electron chi connectivity index (χ3n) is 2.47. The van der Waals surface area contributed by atoms with Crippen LogP contribution in [0.15, 0.2) is 18.2 Å². The molecule has 1 aromatic carbocycles. The van der Waals surface area contributed by atoms with Crippen LogP contribution in [-0.4, -0.2) is 6.10 Å². The first-order chi connectivity index (χ1) is 6.18. The Morgan fingerprint density at radius 1 is 1.54 bits per heavy atom. The second kappa shape index (κ2) is 3.09. The number of hydrogen-bond acceptors (Lipinski definition) is 2. The van der Waals surface area contributed by atoms with Crippen molar-refractivity contribution >= 4 is 0 Å². The number of benzene rings is 1. The van der Waals surface area contributed by atoms with E-state index in [1.54, 1.807) is 6.07 Å². The molecule has 0 fully saturated rings. The number of nitrogens with two attached hydrogens (primary N) is 1. The van der Waals surface area contributed by atoms with Crippen molar-refractivity contribution in [3.8, 4) is 0 Å². The highest BCUT2D eigenvalue weighted by molar-refractivity contribution is 5.32. The van der Waals surface area contributed by atoms with Crippen LogP contribution >= 0.6 is 0 Å². The van der Waals surface area contributed by atoms with Crippen molar-refractivity contribution in [3.05, 3.63) is 35.1 Å². The van der Waals surface area contributed by atoms with Gasteiger partial charge in [0.15, 0.2) is 0 Å². The Balaban J connectivity index is 2.44. The first kappa shape index (κ1) is 8.66. The molecule has 70 valence electrons. The fraction of sp³-hybridized carbons (Fsp3) is 0.400. The quantitative estimate of drug-likeness (QED) is 0.661. The van der Waals surface area contributed by atoms with Crippen LogP contribution in [0.5, 0.6) is 0 Å². The molecule has 1 aliphatic heterocycles. The largest absolute Gasteiger partial charge is 0.372 e. The molecule has 2 nitrogen and oxygen atoms in total. The molecule has 0 amide bonds. The van der Waals surface area contributed by atoms with E-state index in [4.69, 9.17) is 10.5 Å². The third-order valence-corrected chi connectivity index (χ3v) is 2.47. The average molecular weight is 181 g/mol. The van der Waals surface area contributed by atoms with Crippen LogP contribution in [0, 0.1) is 5.82 Å². The van der Waals surface area contributed by atoms with Gasteiger partial charge in [-0.05, 0) is 30.2 Å². The maximum atomic E-state index is 12.8. The van der Waals surface area contributed by atoms with Crippen molar-refractivity contribution in [3.63, 3.8) is 0 Å². The van der Waals surface area contributed by atoms with E-state index < -0.39 is 0 Å². The highest BCUT2D eigenvalue weighted by Crippen LogP contribution is 2.27. The molecule has 3 heteroatoms. The van der Waals surface area contributed by atoms with E-state index in [-0.39, 0.29) is 18.0 Å². The van der Waals surface area contributed by atoms with Crippen molar-refractivity contribution < 1.29 is 9.13 Å². The van der Waals surface area contributed by atoms with Crippen molar-refractivity contribution in [1.29, 1.82) is 0 Å². The van der Waals surface area contributed by atoms with Gasteiger partial charge in [-0.15, -0.1) is 0 Å². The molecule has 2 rings (SSSR count). The Labute approximate surface area is 76.5 Å². The summed E-state index contributed by atoms with van der Waals surface area (Å²) >= 11 is 0. The Morgan fingerprint density at radius 3 is 3.08 bits per heavy atom. The molecular weight excluding hydrogens is 169 g/mol. The van der Waals surface area contributed by atoms with Crippen LogP contribution in [-0.2, 0) is 11.3 Å². The minimum atomic E-state index is -0.232. The average Bonchev–Trinajstić information content (AvgIpc) is 2.12. The third kappa shape index (κ3) is 1.45. The van der Waals surface area contributed by atoms with Crippen molar-refractivity contribution in [2.45, 2.75) is 25.7 Å². The summed E-state index contributed by atoms with van der Waals surface area (Å²) in [6, 6.07) is 4.54. The van der Waals surface area contributed by atoms with Gasteiger partial charge in [-0.2, -0.15) is 0 Å².